The molecule has 3 aliphatic rings. The summed E-state index contributed by atoms with van der Waals surface area (Å²) in [4.78, 5) is 4.88. The summed E-state index contributed by atoms with van der Waals surface area (Å²) in [6, 6.07) is 12.1. The van der Waals surface area contributed by atoms with Crippen molar-refractivity contribution in [2.45, 2.75) is 63.1 Å². The monoisotopic (exact) mass is 642 g/mol. The number of alkyl halides is 6. The smallest absolute Gasteiger partial charge is 0.406 e. The number of ether oxygens (including phenoxy) is 1. The van der Waals surface area contributed by atoms with Gasteiger partial charge in [-0.15, -0.1) is 13.2 Å². The summed E-state index contributed by atoms with van der Waals surface area (Å²) in [6.07, 6.45) is -1.15. The van der Waals surface area contributed by atoms with Crippen molar-refractivity contribution in [3.05, 3.63) is 87.4 Å². The summed E-state index contributed by atoms with van der Waals surface area (Å²) in [5.41, 5.74) is 2.61. The van der Waals surface area contributed by atoms with Crippen LogP contribution >= 0.6 is 15.9 Å². The third-order valence-electron chi connectivity index (χ3n) is 8.48. The van der Waals surface area contributed by atoms with Gasteiger partial charge in [0.1, 0.15) is 5.75 Å². The molecule has 2 aromatic rings. The zero-order valence-corrected chi connectivity index (χ0v) is 24.3. The Morgan fingerprint density at radius 1 is 0.902 bits per heavy atom. The summed E-state index contributed by atoms with van der Waals surface area (Å²) in [6.45, 7) is 5.57. The SMILES string of the molecule is CC1C=CC(Br)=C(CN2C(CN3CCC(c4ccc(C(F)(F)F)cc4)CC3)CC2c2ccc(OC(F)(F)F)cc2)C1. The van der Waals surface area contributed by atoms with Gasteiger partial charge in [-0.2, -0.15) is 13.2 Å². The van der Waals surface area contributed by atoms with Crippen molar-refractivity contribution < 1.29 is 31.1 Å². The second kappa shape index (κ2) is 12.1. The van der Waals surface area contributed by atoms with Crippen molar-refractivity contribution in [2.24, 2.45) is 5.92 Å². The molecule has 222 valence electrons. The molecule has 2 fully saturated rings. The molecule has 0 bridgehead atoms. The van der Waals surface area contributed by atoms with Crippen LogP contribution in [0, 0.1) is 5.92 Å². The molecule has 41 heavy (non-hydrogen) atoms. The van der Waals surface area contributed by atoms with Gasteiger partial charge in [-0.3, -0.25) is 4.90 Å². The maximum atomic E-state index is 12.9. The third-order valence-corrected chi connectivity index (χ3v) is 9.30. The average molecular weight is 644 g/mol. The molecule has 3 nitrogen and oxygen atoms in total. The highest BCUT2D eigenvalue weighted by Gasteiger charge is 2.41. The van der Waals surface area contributed by atoms with Gasteiger partial charge in [-0.1, -0.05) is 59.3 Å². The molecule has 3 atom stereocenters. The number of nitrogens with zero attached hydrogens (tertiary/aromatic N) is 2. The van der Waals surface area contributed by atoms with E-state index >= 15 is 0 Å². The van der Waals surface area contributed by atoms with Crippen LogP contribution in [-0.4, -0.2) is 48.4 Å². The van der Waals surface area contributed by atoms with Crippen LogP contribution in [0.1, 0.15) is 61.3 Å². The predicted molar refractivity (Wildman–Crippen MR) is 150 cm³/mol. The van der Waals surface area contributed by atoms with Crippen molar-refractivity contribution in [1.82, 2.24) is 9.80 Å². The molecule has 0 spiro atoms. The minimum absolute atomic E-state index is 0.0960. The van der Waals surface area contributed by atoms with Crippen molar-refractivity contribution in [3.63, 3.8) is 0 Å². The highest BCUT2D eigenvalue weighted by molar-refractivity contribution is 9.11. The number of hydrogen-bond acceptors (Lipinski definition) is 3. The quantitative estimate of drug-likeness (QED) is 0.281. The Bertz CT molecular complexity index is 1250. The maximum Gasteiger partial charge on any atom is 0.573 e. The molecule has 5 rings (SSSR count). The zero-order chi connectivity index (χ0) is 29.4. The van der Waals surface area contributed by atoms with E-state index in [2.05, 4.69) is 49.5 Å². The van der Waals surface area contributed by atoms with Gasteiger partial charge in [0, 0.05) is 29.7 Å². The summed E-state index contributed by atoms with van der Waals surface area (Å²) in [5.74, 6) is 0.455. The fourth-order valence-corrected chi connectivity index (χ4v) is 6.70. The molecule has 0 amide bonds. The molecule has 1 aliphatic carbocycles. The Labute approximate surface area is 245 Å². The van der Waals surface area contributed by atoms with Gasteiger partial charge in [-0.05, 0) is 91.6 Å². The largest absolute Gasteiger partial charge is 0.573 e. The number of rotatable bonds is 7. The molecular formula is C31H33BrF6N2O. The van der Waals surface area contributed by atoms with Crippen LogP contribution < -0.4 is 4.74 Å². The average Bonchev–Trinajstić information content (AvgIpc) is 2.91. The first-order valence-corrected chi connectivity index (χ1v) is 14.7. The van der Waals surface area contributed by atoms with E-state index < -0.39 is 18.1 Å². The van der Waals surface area contributed by atoms with Crippen molar-refractivity contribution in [2.75, 3.05) is 26.2 Å². The lowest BCUT2D eigenvalue weighted by molar-refractivity contribution is -0.274. The molecule has 0 saturated carbocycles. The van der Waals surface area contributed by atoms with Gasteiger partial charge in [0.15, 0.2) is 0 Å². The van der Waals surface area contributed by atoms with Gasteiger partial charge in [0.2, 0.25) is 0 Å². The van der Waals surface area contributed by atoms with Crippen LogP contribution in [0.2, 0.25) is 0 Å². The lowest BCUT2D eigenvalue weighted by Crippen LogP contribution is -2.56. The highest BCUT2D eigenvalue weighted by atomic mass is 79.9. The summed E-state index contributed by atoms with van der Waals surface area (Å²) < 4.78 is 81.9. The van der Waals surface area contributed by atoms with E-state index in [9.17, 15) is 26.3 Å². The number of likely N-dealkylation sites (tertiary alicyclic amines) is 2. The van der Waals surface area contributed by atoms with Crippen LogP contribution in [0.5, 0.6) is 5.75 Å². The first-order chi connectivity index (χ1) is 19.4. The molecule has 3 unspecified atom stereocenters. The van der Waals surface area contributed by atoms with Crippen LogP contribution in [0.15, 0.2) is 70.7 Å². The van der Waals surface area contributed by atoms with Gasteiger partial charge in [0.25, 0.3) is 0 Å². The Morgan fingerprint density at radius 2 is 1.54 bits per heavy atom. The van der Waals surface area contributed by atoms with Crippen molar-refractivity contribution in [3.8, 4) is 5.75 Å². The molecule has 0 N–H and O–H groups in total. The maximum absolute atomic E-state index is 12.9. The highest BCUT2D eigenvalue weighted by Crippen LogP contribution is 2.43. The number of halogens is 7. The zero-order valence-electron chi connectivity index (χ0n) is 22.7. The van der Waals surface area contributed by atoms with E-state index in [-0.39, 0.29) is 17.7 Å². The molecule has 2 aliphatic heterocycles. The van der Waals surface area contributed by atoms with Crippen molar-refractivity contribution in [1.29, 1.82) is 0 Å². The van der Waals surface area contributed by atoms with E-state index in [1.807, 2.05) is 0 Å². The van der Waals surface area contributed by atoms with Crippen LogP contribution in [0.25, 0.3) is 0 Å². The summed E-state index contributed by atoms with van der Waals surface area (Å²) in [5, 5.41) is 0. The van der Waals surface area contributed by atoms with E-state index in [1.165, 1.54) is 29.8 Å². The lowest BCUT2D eigenvalue weighted by Gasteiger charge is -2.52. The van der Waals surface area contributed by atoms with E-state index in [4.69, 9.17) is 0 Å². The number of allylic oxidation sites excluding steroid dienone is 3. The fraction of sp³-hybridized carbons (Fsp3) is 0.484. The second-order valence-electron chi connectivity index (χ2n) is 11.4. The summed E-state index contributed by atoms with van der Waals surface area (Å²) in [7, 11) is 0. The van der Waals surface area contributed by atoms with Gasteiger partial charge < -0.3 is 9.64 Å². The number of hydrogen-bond donors (Lipinski definition) is 0. The number of piperidine rings is 1. The van der Waals surface area contributed by atoms with E-state index in [0.717, 1.165) is 67.5 Å². The standard InChI is InChI=1S/C31H33BrF6N2O/c1-20-2-11-28(32)24(16-20)18-40-26(17-29(40)23-5-9-27(10-6-23)41-31(36,37)38)19-39-14-12-22(13-15-39)21-3-7-25(8-4-21)30(33,34)35/h2-11,20,22,26,29H,12-19H2,1H3. The molecule has 0 aromatic heterocycles. The minimum Gasteiger partial charge on any atom is -0.406 e. The Balaban J connectivity index is 1.23. The first-order valence-electron chi connectivity index (χ1n) is 13.9. The van der Waals surface area contributed by atoms with Crippen LogP contribution in [0.3, 0.4) is 0 Å². The topological polar surface area (TPSA) is 15.7 Å². The Kier molecular flexibility index (Phi) is 8.93. The molecule has 2 heterocycles. The lowest BCUT2D eigenvalue weighted by atomic mass is 9.84. The first kappa shape index (κ1) is 30.2. The normalized spacial score (nSPS) is 24.9. The Morgan fingerprint density at radius 3 is 2.15 bits per heavy atom. The molecule has 10 heteroatoms. The molecule has 2 aromatic carbocycles. The predicted octanol–water partition coefficient (Wildman–Crippen LogP) is 8.84. The third kappa shape index (κ3) is 7.56. The van der Waals surface area contributed by atoms with Crippen LogP contribution in [-0.2, 0) is 6.18 Å². The Hall–Kier alpha value is -2.30. The fourth-order valence-electron chi connectivity index (χ4n) is 6.26. The van der Waals surface area contributed by atoms with Crippen LogP contribution in [0.4, 0.5) is 26.3 Å². The minimum atomic E-state index is -4.72. The number of benzene rings is 2. The summed E-state index contributed by atoms with van der Waals surface area (Å²) >= 11 is 3.71. The van der Waals surface area contributed by atoms with E-state index in [1.54, 1.807) is 24.3 Å². The van der Waals surface area contributed by atoms with Gasteiger partial charge in [0.05, 0.1) is 5.56 Å². The molecular weight excluding hydrogens is 610 g/mol. The van der Waals surface area contributed by atoms with Gasteiger partial charge >= 0.3 is 12.5 Å². The molecule has 2 saturated heterocycles. The van der Waals surface area contributed by atoms with Crippen molar-refractivity contribution >= 4 is 15.9 Å². The molecule has 0 radical (unpaired) electrons. The van der Waals surface area contributed by atoms with Gasteiger partial charge in [-0.25, -0.2) is 0 Å². The van der Waals surface area contributed by atoms with E-state index in [0.29, 0.717) is 12.0 Å². The second-order valence-corrected chi connectivity index (χ2v) is 12.2.